The summed E-state index contributed by atoms with van der Waals surface area (Å²) in [6.07, 6.45) is 4.34. The van der Waals surface area contributed by atoms with Crippen LogP contribution in [-0.2, 0) is 5.75 Å². The highest BCUT2D eigenvalue weighted by molar-refractivity contribution is 7.98. The Labute approximate surface area is 179 Å². The fourth-order valence-corrected chi connectivity index (χ4v) is 4.03. The van der Waals surface area contributed by atoms with Crippen molar-refractivity contribution in [2.45, 2.75) is 29.5 Å². The number of anilines is 3. The van der Waals surface area contributed by atoms with E-state index in [4.69, 9.17) is 4.42 Å². The molecule has 0 atom stereocenters. The lowest BCUT2D eigenvalue weighted by Gasteiger charge is -2.08. The third-order valence-electron chi connectivity index (χ3n) is 4.72. The van der Waals surface area contributed by atoms with E-state index in [1.807, 2.05) is 54.7 Å². The van der Waals surface area contributed by atoms with Gasteiger partial charge < -0.3 is 15.1 Å². The molecule has 1 aliphatic carbocycles. The molecule has 0 radical (unpaired) electrons. The van der Waals surface area contributed by atoms with E-state index in [9.17, 15) is 0 Å². The van der Waals surface area contributed by atoms with Crippen LogP contribution in [-0.4, -0.2) is 21.2 Å². The predicted octanol–water partition coefficient (Wildman–Crippen LogP) is 5.74. The second-order valence-corrected chi connectivity index (χ2v) is 8.17. The Morgan fingerprint density at radius 2 is 1.80 bits per heavy atom. The lowest BCUT2D eigenvalue weighted by atomic mass is 10.2. The summed E-state index contributed by atoms with van der Waals surface area (Å²) >= 11 is 1.75. The Balaban J connectivity index is 1.30. The molecular formula is C23H21N5OS. The zero-order valence-electron chi connectivity index (χ0n) is 16.3. The summed E-state index contributed by atoms with van der Waals surface area (Å²) in [7, 11) is 0. The molecule has 2 aromatic heterocycles. The van der Waals surface area contributed by atoms with Crippen molar-refractivity contribution in [3.05, 3.63) is 78.5 Å². The first kappa shape index (κ1) is 18.7. The number of para-hydroxylation sites is 1. The quantitative estimate of drug-likeness (QED) is 0.355. The van der Waals surface area contributed by atoms with Gasteiger partial charge in [0.2, 0.25) is 0 Å². The maximum Gasteiger partial charge on any atom is 0.320 e. The summed E-state index contributed by atoms with van der Waals surface area (Å²) in [4.78, 5) is 5.51. The van der Waals surface area contributed by atoms with Crippen LogP contribution in [0.25, 0.3) is 11.5 Å². The maximum atomic E-state index is 5.87. The molecule has 0 bridgehead atoms. The van der Waals surface area contributed by atoms with Gasteiger partial charge in [-0.2, -0.15) is 0 Å². The molecule has 1 saturated carbocycles. The van der Waals surface area contributed by atoms with Crippen LogP contribution in [0.15, 0.2) is 82.2 Å². The van der Waals surface area contributed by atoms with E-state index in [1.54, 1.807) is 11.8 Å². The Bertz CT molecular complexity index is 1130. The molecule has 0 spiro atoms. The van der Waals surface area contributed by atoms with Gasteiger partial charge in [0.1, 0.15) is 5.82 Å². The standard InChI is InChI=1S/C23H21N5OS/c1-2-6-17(7-3-1)26-23-28-27-22(29-23)19-8-4-5-9-20(19)30-15-16-12-13-24-21(14-16)25-18-10-11-18/h1-9,12-14,18H,10-11,15H2,(H,24,25)(H,26,28). The van der Waals surface area contributed by atoms with E-state index in [2.05, 4.69) is 44.0 Å². The molecule has 5 rings (SSSR count). The number of hydrogen-bond donors (Lipinski definition) is 2. The third kappa shape index (κ3) is 4.63. The minimum absolute atomic E-state index is 0.376. The SMILES string of the molecule is c1ccc(Nc2nnc(-c3ccccc3SCc3ccnc(NC4CC4)c3)o2)cc1. The van der Waals surface area contributed by atoms with Crippen LogP contribution in [0.4, 0.5) is 17.5 Å². The Morgan fingerprint density at radius 3 is 2.67 bits per heavy atom. The van der Waals surface area contributed by atoms with E-state index in [0.29, 0.717) is 17.9 Å². The number of thioether (sulfide) groups is 1. The number of hydrogen-bond acceptors (Lipinski definition) is 7. The molecular weight excluding hydrogens is 394 g/mol. The highest BCUT2D eigenvalue weighted by atomic mass is 32.2. The highest BCUT2D eigenvalue weighted by Crippen LogP contribution is 2.34. The molecule has 4 aromatic rings. The van der Waals surface area contributed by atoms with Crippen LogP contribution in [0.5, 0.6) is 0 Å². The first-order valence-electron chi connectivity index (χ1n) is 9.93. The van der Waals surface area contributed by atoms with Gasteiger partial charge in [-0.3, -0.25) is 0 Å². The van der Waals surface area contributed by atoms with Crippen molar-refractivity contribution in [2.24, 2.45) is 0 Å². The number of rotatable bonds is 8. The molecule has 2 heterocycles. The van der Waals surface area contributed by atoms with Crippen LogP contribution in [0.1, 0.15) is 18.4 Å². The number of aromatic nitrogens is 3. The second-order valence-electron chi connectivity index (χ2n) is 7.16. The van der Waals surface area contributed by atoms with Gasteiger partial charge in [-0.1, -0.05) is 35.4 Å². The van der Waals surface area contributed by atoms with Gasteiger partial charge in [-0.05, 0) is 54.8 Å². The molecule has 7 heteroatoms. The predicted molar refractivity (Wildman–Crippen MR) is 120 cm³/mol. The van der Waals surface area contributed by atoms with E-state index < -0.39 is 0 Å². The normalized spacial score (nSPS) is 13.2. The van der Waals surface area contributed by atoms with Gasteiger partial charge in [0.05, 0.1) is 5.56 Å². The summed E-state index contributed by atoms with van der Waals surface area (Å²) in [6.45, 7) is 0. The zero-order chi connectivity index (χ0) is 20.2. The van der Waals surface area contributed by atoms with Gasteiger partial charge in [0.25, 0.3) is 5.89 Å². The molecule has 0 saturated heterocycles. The molecule has 1 fully saturated rings. The number of nitrogens with one attached hydrogen (secondary N) is 2. The van der Waals surface area contributed by atoms with Gasteiger partial charge in [-0.25, -0.2) is 4.98 Å². The van der Waals surface area contributed by atoms with Crippen molar-refractivity contribution in [2.75, 3.05) is 10.6 Å². The van der Waals surface area contributed by atoms with Crippen molar-refractivity contribution in [1.82, 2.24) is 15.2 Å². The summed E-state index contributed by atoms with van der Waals surface area (Å²) in [5.74, 6) is 2.29. The summed E-state index contributed by atoms with van der Waals surface area (Å²) < 4.78 is 5.87. The Morgan fingerprint density at radius 1 is 0.967 bits per heavy atom. The Hall–Kier alpha value is -3.32. The molecule has 6 nitrogen and oxygen atoms in total. The largest absolute Gasteiger partial charge is 0.403 e. The number of nitrogens with zero attached hydrogens (tertiary/aromatic N) is 3. The lowest BCUT2D eigenvalue weighted by Crippen LogP contribution is -2.02. The van der Waals surface area contributed by atoms with Crippen LogP contribution < -0.4 is 10.6 Å². The van der Waals surface area contributed by atoms with Gasteiger partial charge in [0.15, 0.2) is 0 Å². The number of benzene rings is 2. The van der Waals surface area contributed by atoms with Crippen molar-refractivity contribution in [1.29, 1.82) is 0 Å². The number of pyridine rings is 1. The summed E-state index contributed by atoms with van der Waals surface area (Å²) in [5.41, 5.74) is 3.06. The molecule has 0 unspecified atom stereocenters. The van der Waals surface area contributed by atoms with Crippen molar-refractivity contribution in [3.8, 4) is 11.5 Å². The average molecular weight is 416 g/mol. The highest BCUT2D eigenvalue weighted by Gasteiger charge is 2.21. The fourth-order valence-electron chi connectivity index (χ4n) is 3.04. The molecule has 2 N–H and O–H groups in total. The smallest absolute Gasteiger partial charge is 0.320 e. The molecule has 0 amide bonds. The van der Waals surface area contributed by atoms with Crippen LogP contribution in [0.2, 0.25) is 0 Å². The van der Waals surface area contributed by atoms with Crippen LogP contribution >= 0.6 is 11.8 Å². The van der Waals surface area contributed by atoms with Crippen molar-refractivity contribution in [3.63, 3.8) is 0 Å². The second kappa shape index (κ2) is 8.59. The monoisotopic (exact) mass is 415 g/mol. The summed E-state index contributed by atoms with van der Waals surface area (Å²) in [5, 5.41) is 15.0. The van der Waals surface area contributed by atoms with Gasteiger partial charge in [-0.15, -0.1) is 16.9 Å². The van der Waals surface area contributed by atoms with Crippen LogP contribution in [0.3, 0.4) is 0 Å². The molecule has 2 aromatic carbocycles. The van der Waals surface area contributed by atoms with Crippen molar-refractivity contribution < 1.29 is 4.42 Å². The van der Waals surface area contributed by atoms with Gasteiger partial charge >= 0.3 is 6.01 Å². The van der Waals surface area contributed by atoms with Crippen molar-refractivity contribution >= 4 is 29.3 Å². The van der Waals surface area contributed by atoms with E-state index in [0.717, 1.165) is 27.7 Å². The van der Waals surface area contributed by atoms with Crippen LogP contribution in [0, 0.1) is 0 Å². The lowest BCUT2D eigenvalue weighted by molar-refractivity contribution is 0.586. The van der Waals surface area contributed by atoms with E-state index >= 15 is 0 Å². The maximum absolute atomic E-state index is 5.87. The van der Waals surface area contributed by atoms with Gasteiger partial charge in [0, 0.05) is 28.6 Å². The first-order valence-corrected chi connectivity index (χ1v) is 10.9. The van der Waals surface area contributed by atoms with E-state index in [1.165, 1.54) is 18.4 Å². The topological polar surface area (TPSA) is 75.9 Å². The fraction of sp³-hybridized carbons (Fsp3) is 0.174. The minimum atomic E-state index is 0.376. The average Bonchev–Trinajstić information content (AvgIpc) is 3.48. The summed E-state index contributed by atoms with van der Waals surface area (Å²) in [6, 6.07) is 23.0. The molecule has 150 valence electrons. The molecule has 0 aliphatic heterocycles. The third-order valence-corrected chi connectivity index (χ3v) is 5.86. The molecule has 30 heavy (non-hydrogen) atoms. The van der Waals surface area contributed by atoms with E-state index in [-0.39, 0.29) is 0 Å². The minimum Gasteiger partial charge on any atom is -0.403 e. The first-order chi connectivity index (χ1) is 14.8. The molecule has 1 aliphatic rings. The zero-order valence-corrected chi connectivity index (χ0v) is 17.1. The Kier molecular flexibility index (Phi) is 5.35.